The molecule has 3 aromatic rings. The van der Waals surface area contributed by atoms with Crippen molar-refractivity contribution in [3.63, 3.8) is 0 Å². The van der Waals surface area contributed by atoms with Crippen molar-refractivity contribution in [1.82, 2.24) is 4.57 Å². The van der Waals surface area contributed by atoms with Crippen LogP contribution in [0.1, 0.15) is 38.1 Å². The number of hydrogen-bond donors (Lipinski definition) is 0. The lowest BCUT2D eigenvalue weighted by molar-refractivity contribution is -0.143. The first kappa shape index (κ1) is 26.0. The van der Waals surface area contributed by atoms with Crippen molar-refractivity contribution in [2.75, 3.05) is 31.2 Å². The van der Waals surface area contributed by atoms with Gasteiger partial charge in [0.05, 0.1) is 45.6 Å². The van der Waals surface area contributed by atoms with Gasteiger partial charge in [0.1, 0.15) is 5.76 Å². The number of nitrogens with zero attached hydrogens (tertiary/aromatic N) is 3. The van der Waals surface area contributed by atoms with E-state index >= 15 is 0 Å². The minimum Gasteiger partial charge on any atom is -0.459 e. The van der Waals surface area contributed by atoms with Crippen LogP contribution in [0.3, 0.4) is 0 Å². The molecule has 1 saturated heterocycles. The summed E-state index contributed by atoms with van der Waals surface area (Å²) in [7, 11) is 0. The fourth-order valence-electron chi connectivity index (χ4n) is 4.38. The Labute approximate surface area is 230 Å². The number of fused-ring (bicyclic) bond motifs is 1. The zero-order valence-electron chi connectivity index (χ0n) is 20.5. The van der Waals surface area contributed by atoms with Gasteiger partial charge in [-0.1, -0.05) is 35.1 Å². The van der Waals surface area contributed by atoms with Crippen LogP contribution in [-0.2, 0) is 14.3 Å². The number of aromatic nitrogens is 1. The van der Waals surface area contributed by atoms with E-state index in [0.29, 0.717) is 50.5 Å². The molecule has 0 bridgehead atoms. The highest BCUT2D eigenvalue weighted by molar-refractivity contribution is 9.10. The van der Waals surface area contributed by atoms with E-state index < -0.39 is 12.0 Å². The Morgan fingerprint density at radius 2 is 1.97 bits per heavy atom. The number of carbonyl (C=O) groups excluding carboxylic acids is 1. The SMILES string of the molecule is CC1=C(C(=O)OC(C)C)[C@@H](c2ccc(Cl)cc2)n2c(s/c(=C/c3cc(Br)c(N4CCOCC4)o3)c2=O)=N1. The molecule has 4 heterocycles. The van der Waals surface area contributed by atoms with Crippen LogP contribution in [0.4, 0.5) is 5.88 Å². The van der Waals surface area contributed by atoms with E-state index in [1.54, 1.807) is 43.5 Å². The van der Waals surface area contributed by atoms with Crippen molar-refractivity contribution in [1.29, 1.82) is 0 Å². The maximum Gasteiger partial charge on any atom is 0.338 e. The minimum atomic E-state index is -0.700. The highest BCUT2D eigenvalue weighted by Crippen LogP contribution is 2.33. The summed E-state index contributed by atoms with van der Waals surface area (Å²) in [6, 6.07) is 8.24. The number of halogens is 2. The third-order valence-electron chi connectivity index (χ3n) is 6.03. The van der Waals surface area contributed by atoms with E-state index in [1.807, 2.05) is 18.2 Å². The summed E-state index contributed by atoms with van der Waals surface area (Å²) in [5.74, 6) is 0.739. The van der Waals surface area contributed by atoms with E-state index in [4.69, 9.17) is 25.5 Å². The molecule has 2 aromatic heterocycles. The molecular formula is C26H25BrClN3O5S. The molecule has 0 spiro atoms. The van der Waals surface area contributed by atoms with Gasteiger partial charge in [-0.3, -0.25) is 9.36 Å². The predicted octanol–water partition coefficient (Wildman–Crippen LogP) is 4.03. The molecule has 0 aliphatic carbocycles. The Morgan fingerprint density at radius 1 is 1.27 bits per heavy atom. The first-order chi connectivity index (χ1) is 17.7. The minimum absolute atomic E-state index is 0.272. The van der Waals surface area contributed by atoms with Crippen molar-refractivity contribution in [2.24, 2.45) is 4.99 Å². The first-order valence-corrected chi connectivity index (χ1v) is 13.8. The van der Waals surface area contributed by atoms with Gasteiger partial charge < -0.3 is 18.8 Å². The van der Waals surface area contributed by atoms with E-state index in [-0.39, 0.29) is 11.7 Å². The number of esters is 1. The maximum absolute atomic E-state index is 13.8. The van der Waals surface area contributed by atoms with Gasteiger partial charge in [0.15, 0.2) is 4.80 Å². The van der Waals surface area contributed by atoms with Gasteiger partial charge in [-0.15, -0.1) is 0 Å². The Kier molecular flexibility index (Phi) is 7.44. The third kappa shape index (κ3) is 5.20. The lowest BCUT2D eigenvalue weighted by atomic mass is 9.96. The second kappa shape index (κ2) is 10.6. The predicted molar refractivity (Wildman–Crippen MR) is 146 cm³/mol. The van der Waals surface area contributed by atoms with Gasteiger partial charge in [-0.2, -0.15) is 0 Å². The molecule has 194 valence electrons. The number of rotatable bonds is 5. The molecule has 1 aromatic carbocycles. The summed E-state index contributed by atoms with van der Waals surface area (Å²) in [4.78, 5) is 34.1. The molecule has 1 atom stereocenters. The molecule has 0 saturated carbocycles. The quantitative estimate of drug-likeness (QED) is 0.408. The van der Waals surface area contributed by atoms with E-state index in [1.165, 1.54) is 11.3 Å². The number of carbonyl (C=O) groups is 1. The molecule has 8 nitrogen and oxygen atoms in total. The van der Waals surface area contributed by atoms with E-state index in [2.05, 4.69) is 25.8 Å². The van der Waals surface area contributed by atoms with Crippen LogP contribution in [0, 0.1) is 0 Å². The highest BCUT2D eigenvalue weighted by atomic mass is 79.9. The van der Waals surface area contributed by atoms with Gasteiger partial charge in [-0.25, -0.2) is 9.79 Å². The monoisotopic (exact) mass is 605 g/mol. The number of anilines is 1. The number of allylic oxidation sites excluding steroid dienone is 1. The third-order valence-corrected chi connectivity index (χ3v) is 7.83. The second-order valence-electron chi connectivity index (χ2n) is 8.99. The number of furan rings is 1. The van der Waals surface area contributed by atoms with Crippen LogP contribution in [0.25, 0.3) is 6.08 Å². The topological polar surface area (TPSA) is 86.3 Å². The van der Waals surface area contributed by atoms with Crippen LogP contribution in [0.5, 0.6) is 0 Å². The number of ether oxygens (including phenoxy) is 2. The summed E-state index contributed by atoms with van der Waals surface area (Å²) in [5.41, 5.74) is 1.29. The fourth-order valence-corrected chi connectivity index (χ4v) is 6.09. The van der Waals surface area contributed by atoms with Crippen LogP contribution in [0.2, 0.25) is 5.02 Å². The second-order valence-corrected chi connectivity index (χ2v) is 11.3. The van der Waals surface area contributed by atoms with Gasteiger partial charge in [-0.05, 0) is 54.4 Å². The Bertz CT molecular complexity index is 1550. The standard InChI is InChI=1S/C26H25BrClN3O5S/c1-14(2)35-25(33)21-15(3)29-26-31(22(21)16-4-6-17(28)7-5-16)23(32)20(37-26)13-18-12-19(27)24(36-18)30-8-10-34-11-9-30/h4-7,12-14,22H,8-11H2,1-3H3/b20-13+/t22-/m1/s1. The number of benzene rings is 1. The molecule has 2 aliphatic heterocycles. The van der Waals surface area contributed by atoms with Crippen molar-refractivity contribution in [3.8, 4) is 0 Å². The van der Waals surface area contributed by atoms with Crippen LogP contribution in [-0.4, -0.2) is 42.9 Å². The van der Waals surface area contributed by atoms with E-state index in [9.17, 15) is 9.59 Å². The molecule has 37 heavy (non-hydrogen) atoms. The molecule has 0 N–H and O–H groups in total. The number of hydrogen-bond acceptors (Lipinski definition) is 8. The highest BCUT2D eigenvalue weighted by Gasteiger charge is 2.33. The molecule has 0 amide bonds. The molecular weight excluding hydrogens is 582 g/mol. The first-order valence-electron chi connectivity index (χ1n) is 11.8. The zero-order chi connectivity index (χ0) is 26.3. The van der Waals surface area contributed by atoms with Crippen molar-refractivity contribution in [2.45, 2.75) is 32.9 Å². The summed E-state index contributed by atoms with van der Waals surface area (Å²) in [6.07, 6.45) is 1.39. The van der Waals surface area contributed by atoms with Crippen molar-refractivity contribution < 1.29 is 18.7 Å². The molecule has 2 aliphatic rings. The Balaban J connectivity index is 1.62. The van der Waals surface area contributed by atoms with Gasteiger partial charge >= 0.3 is 5.97 Å². The molecule has 1 fully saturated rings. The van der Waals surface area contributed by atoms with Gasteiger partial charge in [0.25, 0.3) is 5.56 Å². The smallest absolute Gasteiger partial charge is 0.338 e. The average Bonchev–Trinajstić information content (AvgIpc) is 3.37. The summed E-state index contributed by atoms with van der Waals surface area (Å²) in [6.45, 7) is 8.04. The summed E-state index contributed by atoms with van der Waals surface area (Å²) >= 11 is 10.9. The zero-order valence-corrected chi connectivity index (χ0v) is 23.7. The van der Waals surface area contributed by atoms with Crippen LogP contribution >= 0.6 is 38.9 Å². The Hall–Kier alpha value is -2.66. The fraction of sp³-hybridized carbons (Fsp3) is 0.346. The summed E-state index contributed by atoms with van der Waals surface area (Å²) in [5, 5.41) is 0.558. The lowest BCUT2D eigenvalue weighted by Crippen LogP contribution is -2.40. The molecule has 0 radical (unpaired) electrons. The Morgan fingerprint density at radius 3 is 2.65 bits per heavy atom. The molecule has 5 rings (SSSR count). The molecule has 11 heteroatoms. The largest absolute Gasteiger partial charge is 0.459 e. The normalized spacial score (nSPS) is 18.3. The van der Waals surface area contributed by atoms with Crippen LogP contribution in [0.15, 0.2) is 60.3 Å². The average molecular weight is 607 g/mol. The number of morpholine rings is 1. The van der Waals surface area contributed by atoms with Crippen LogP contribution < -0.4 is 19.8 Å². The van der Waals surface area contributed by atoms with Crippen molar-refractivity contribution >= 4 is 56.8 Å². The lowest BCUT2D eigenvalue weighted by Gasteiger charge is -2.26. The van der Waals surface area contributed by atoms with Gasteiger partial charge in [0, 0.05) is 30.3 Å². The van der Waals surface area contributed by atoms with Gasteiger partial charge in [0.2, 0.25) is 5.88 Å². The maximum atomic E-state index is 13.8. The summed E-state index contributed by atoms with van der Waals surface area (Å²) < 4.78 is 19.8. The van der Waals surface area contributed by atoms with E-state index in [0.717, 1.165) is 23.1 Å². The van der Waals surface area contributed by atoms with Crippen molar-refractivity contribution in [3.05, 3.63) is 82.1 Å². The molecule has 0 unspecified atom stereocenters. The number of thiazole rings is 1.